The summed E-state index contributed by atoms with van der Waals surface area (Å²) in [7, 11) is -2.45. The number of hydrogen-bond donors (Lipinski definition) is 0. The molecule has 4 rings (SSSR count). The van der Waals surface area contributed by atoms with Crippen molar-refractivity contribution >= 4 is 10.0 Å². The fraction of sp³-hybridized carbons (Fsp3) is 0.300. The van der Waals surface area contributed by atoms with Crippen LogP contribution in [0, 0.1) is 11.6 Å². The molecule has 1 fully saturated rings. The van der Waals surface area contributed by atoms with Gasteiger partial charge < -0.3 is 0 Å². The Morgan fingerprint density at radius 3 is 2.20 bits per heavy atom. The van der Waals surface area contributed by atoms with E-state index in [1.807, 2.05) is 30.3 Å². The number of nitrogens with zero attached hydrogens (tertiary/aromatic N) is 4. The zero-order chi connectivity index (χ0) is 21.5. The van der Waals surface area contributed by atoms with Gasteiger partial charge in [0, 0.05) is 32.1 Å². The number of piperidine rings is 1. The highest BCUT2D eigenvalue weighted by molar-refractivity contribution is 7.89. The molecular formula is C20H20F2N4O3S. The van der Waals surface area contributed by atoms with Gasteiger partial charge in [-0.05, 0) is 37.1 Å². The van der Waals surface area contributed by atoms with E-state index < -0.39 is 26.6 Å². The fourth-order valence-corrected chi connectivity index (χ4v) is 5.26. The minimum atomic E-state index is -4.02. The van der Waals surface area contributed by atoms with Gasteiger partial charge in [0.2, 0.25) is 10.0 Å². The van der Waals surface area contributed by atoms with Gasteiger partial charge in [-0.15, -0.1) is 0 Å². The van der Waals surface area contributed by atoms with E-state index in [9.17, 15) is 22.0 Å². The van der Waals surface area contributed by atoms with Crippen LogP contribution in [0.25, 0.3) is 5.69 Å². The lowest BCUT2D eigenvalue weighted by atomic mass is 9.97. The average molecular weight is 434 g/mol. The van der Waals surface area contributed by atoms with Crippen LogP contribution in [0.2, 0.25) is 0 Å². The zero-order valence-electron chi connectivity index (χ0n) is 16.2. The predicted octanol–water partition coefficient (Wildman–Crippen LogP) is 2.42. The summed E-state index contributed by atoms with van der Waals surface area (Å²) in [6.45, 7) is 0.315. The summed E-state index contributed by atoms with van der Waals surface area (Å²) in [6.07, 6.45) is 0.862. The average Bonchev–Trinajstić information content (AvgIpc) is 3.02. The second-order valence-electron chi connectivity index (χ2n) is 7.22. The summed E-state index contributed by atoms with van der Waals surface area (Å²) < 4.78 is 56.6. The van der Waals surface area contributed by atoms with Crippen molar-refractivity contribution in [2.24, 2.45) is 7.05 Å². The van der Waals surface area contributed by atoms with Crippen LogP contribution in [0.5, 0.6) is 0 Å². The molecule has 0 spiro atoms. The topological polar surface area (TPSA) is 77.2 Å². The van der Waals surface area contributed by atoms with Crippen molar-refractivity contribution in [2.45, 2.75) is 23.7 Å². The number of para-hydroxylation sites is 1. The van der Waals surface area contributed by atoms with Gasteiger partial charge in [-0.3, -0.25) is 0 Å². The molecule has 1 saturated heterocycles. The van der Waals surface area contributed by atoms with Gasteiger partial charge in [-0.2, -0.15) is 9.40 Å². The van der Waals surface area contributed by atoms with Crippen molar-refractivity contribution in [3.05, 3.63) is 76.5 Å². The highest BCUT2D eigenvalue weighted by Crippen LogP contribution is 2.30. The molecule has 158 valence electrons. The molecule has 0 N–H and O–H groups in total. The van der Waals surface area contributed by atoms with Gasteiger partial charge in [0.1, 0.15) is 17.5 Å². The SMILES string of the molecule is Cn1nc(C2CCN(S(=O)(=O)c3cc(F)cc(F)c3)CC2)n(-c2ccccc2)c1=O. The fourth-order valence-electron chi connectivity index (χ4n) is 3.75. The Kier molecular flexibility index (Phi) is 5.29. The number of hydrogen-bond acceptors (Lipinski definition) is 4. The normalized spacial score (nSPS) is 16.1. The van der Waals surface area contributed by atoms with Crippen LogP contribution in [0.1, 0.15) is 24.6 Å². The van der Waals surface area contributed by atoms with Crippen LogP contribution in [0.4, 0.5) is 8.78 Å². The van der Waals surface area contributed by atoms with Crippen LogP contribution >= 0.6 is 0 Å². The molecule has 30 heavy (non-hydrogen) atoms. The maximum absolute atomic E-state index is 13.5. The Morgan fingerprint density at radius 2 is 1.60 bits per heavy atom. The number of sulfonamides is 1. The van der Waals surface area contributed by atoms with Crippen LogP contribution in [-0.4, -0.2) is 40.2 Å². The van der Waals surface area contributed by atoms with E-state index in [0.717, 1.165) is 12.1 Å². The molecule has 0 radical (unpaired) electrons. The maximum Gasteiger partial charge on any atom is 0.350 e. The third-order valence-electron chi connectivity index (χ3n) is 5.26. The van der Waals surface area contributed by atoms with Gasteiger partial charge in [-0.25, -0.2) is 31.2 Å². The van der Waals surface area contributed by atoms with Gasteiger partial charge in [0.15, 0.2) is 0 Å². The summed E-state index contributed by atoms with van der Waals surface area (Å²) in [4.78, 5) is 12.2. The highest BCUT2D eigenvalue weighted by atomic mass is 32.2. The molecule has 0 aliphatic carbocycles. The molecule has 7 nitrogen and oxygen atoms in total. The molecule has 1 aromatic heterocycles. The lowest BCUT2D eigenvalue weighted by molar-refractivity contribution is 0.311. The Hall–Kier alpha value is -2.85. The molecule has 1 aliphatic rings. The summed E-state index contributed by atoms with van der Waals surface area (Å²) in [6, 6.07) is 11.4. The van der Waals surface area contributed by atoms with Gasteiger partial charge in [0.25, 0.3) is 0 Å². The third-order valence-corrected chi connectivity index (χ3v) is 7.13. The number of benzene rings is 2. The van der Waals surface area contributed by atoms with Crippen LogP contribution in [0.15, 0.2) is 58.2 Å². The zero-order valence-corrected chi connectivity index (χ0v) is 17.0. The van der Waals surface area contributed by atoms with Gasteiger partial charge in [-0.1, -0.05) is 18.2 Å². The Balaban J connectivity index is 1.59. The second-order valence-corrected chi connectivity index (χ2v) is 9.16. The summed E-state index contributed by atoms with van der Waals surface area (Å²) in [5.74, 6) is -1.44. The summed E-state index contributed by atoms with van der Waals surface area (Å²) in [5, 5.41) is 4.38. The molecular weight excluding hydrogens is 414 g/mol. The molecule has 1 aliphatic heterocycles. The largest absolute Gasteiger partial charge is 0.350 e. The summed E-state index contributed by atoms with van der Waals surface area (Å²) in [5.41, 5.74) is 0.414. The number of rotatable bonds is 4. The van der Waals surface area contributed by atoms with E-state index in [2.05, 4.69) is 5.10 Å². The molecule has 2 heterocycles. The van der Waals surface area contributed by atoms with Crippen LogP contribution in [-0.2, 0) is 17.1 Å². The third kappa shape index (κ3) is 3.68. The lowest BCUT2D eigenvalue weighted by Gasteiger charge is -2.30. The molecule has 3 aromatic rings. The smallest absolute Gasteiger partial charge is 0.247 e. The molecule has 0 amide bonds. The number of halogens is 2. The Bertz CT molecular complexity index is 1210. The Labute approximate surface area is 172 Å². The molecule has 10 heteroatoms. The number of aryl methyl sites for hydroxylation is 1. The van der Waals surface area contributed by atoms with E-state index in [-0.39, 0.29) is 24.7 Å². The monoisotopic (exact) mass is 434 g/mol. The van der Waals surface area contributed by atoms with Crippen molar-refractivity contribution in [3.63, 3.8) is 0 Å². The second kappa shape index (κ2) is 7.77. The minimum absolute atomic E-state index is 0.130. The van der Waals surface area contributed by atoms with E-state index in [1.54, 1.807) is 7.05 Å². The standard InChI is InChI=1S/C20H20F2N4O3S/c1-24-20(27)26(17-5-3-2-4-6-17)19(23-24)14-7-9-25(10-8-14)30(28,29)18-12-15(21)11-16(22)13-18/h2-6,11-14H,7-10H2,1H3. The predicted molar refractivity (Wildman–Crippen MR) is 106 cm³/mol. The molecule has 2 aromatic carbocycles. The molecule has 0 bridgehead atoms. The van der Waals surface area contributed by atoms with Crippen LogP contribution < -0.4 is 5.69 Å². The van der Waals surface area contributed by atoms with Crippen molar-refractivity contribution in [2.75, 3.05) is 13.1 Å². The van der Waals surface area contributed by atoms with Gasteiger partial charge in [0.05, 0.1) is 10.6 Å². The molecule has 0 unspecified atom stereocenters. The van der Waals surface area contributed by atoms with Crippen molar-refractivity contribution < 1.29 is 17.2 Å². The molecule has 0 atom stereocenters. The van der Waals surface area contributed by atoms with E-state index in [4.69, 9.17) is 0 Å². The first-order valence-electron chi connectivity index (χ1n) is 9.45. The first kappa shape index (κ1) is 20.4. The molecule has 0 saturated carbocycles. The highest BCUT2D eigenvalue weighted by Gasteiger charge is 2.33. The maximum atomic E-state index is 13.5. The first-order valence-corrected chi connectivity index (χ1v) is 10.9. The van der Waals surface area contributed by atoms with Gasteiger partial charge >= 0.3 is 5.69 Å². The Morgan fingerprint density at radius 1 is 1.00 bits per heavy atom. The van der Waals surface area contributed by atoms with E-state index >= 15 is 0 Å². The summed E-state index contributed by atoms with van der Waals surface area (Å²) >= 11 is 0. The number of aromatic nitrogens is 3. The van der Waals surface area contributed by atoms with Crippen molar-refractivity contribution in [1.29, 1.82) is 0 Å². The van der Waals surface area contributed by atoms with E-state index in [1.165, 1.54) is 13.6 Å². The van der Waals surface area contributed by atoms with Crippen LogP contribution in [0.3, 0.4) is 0 Å². The van der Waals surface area contributed by atoms with Crippen molar-refractivity contribution in [1.82, 2.24) is 18.7 Å². The quantitative estimate of drug-likeness (QED) is 0.632. The lowest BCUT2D eigenvalue weighted by Crippen LogP contribution is -2.38. The first-order chi connectivity index (χ1) is 14.3. The van der Waals surface area contributed by atoms with E-state index in [0.29, 0.717) is 30.4 Å². The minimum Gasteiger partial charge on any atom is -0.247 e. The van der Waals surface area contributed by atoms with Crippen molar-refractivity contribution in [3.8, 4) is 5.69 Å².